The van der Waals surface area contributed by atoms with Gasteiger partial charge in [-0.25, -0.2) is 4.98 Å². The molecular weight excluding hydrogens is 194 g/mol. The van der Waals surface area contributed by atoms with Crippen molar-refractivity contribution < 1.29 is 9.59 Å². The second kappa shape index (κ2) is 4.90. The van der Waals surface area contributed by atoms with E-state index >= 15 is 0 Å². The van der Waals surface area contributed by atoms with Gasteiger partial charge in [-0.05, 0) is 18.2 Å². The third-order valence-corrected chi connectivity index (χ3v) is 1.49. The van der Waals surface area contributed by atoms with Gasteiger partial charge < -0.3 is 10.6 Å². The van der Waals surface area contributed by atoms with Crippen LogP contribution in [0.3, 0.4) is 0 Å². The van der Waals surface area contributed by atoms with E-state index in [1.54, 1.807) is 18.2 Å². The highest BCUT2D eigenvalue weighted by Crippen LogP contribution is 2.08. The van der Waals surface area contributed by atoms with E-state index in [2.05, 4.69) is 22.2 Å². The maximum atomic E-state index is 11.0. The number of carbonyl (C=O) groups is 2. The molecule has 0 aliphatic heterocycles. The number of pyridine rings is 1. The van der Waals surface area contributed by atoms with Crippen molar-refractivity contribution in [2.24, 2.45) is 0 Å². The number of nitrogens with one attached hydrogen (secondary N) is 2. The second-order valence-electron chi connectivity index (χ2n) is 2.78. The molecule has 1 rings (SSSR count). The monoisotopic (exact) mass is 205 g/mol. The lowest BCUT2D eigenvalue weighted by atomic mass is 10.4. The maximum absolute atomic E-state index is 11.0. The van der Waals surface area contributed by atoms with Crippen LogP contribution in [0.25, 0.3) is 0 Å². The predicted molar refractivity (Wildman–Crippen MR) is 57.4 cm³/mol. The first kappa shape index (κ1) is 10.9. The minimum Gasteiger partial charge on any atom is -0.311 e. The van der Waals surface area contributed by atoms with Crippen LogP contribution in [-0.2, 0) is 9.59 Å². The van der Waals surface area contributed by atoms with Crippen molar-refractivity contribution in [1.82, 2.24) is 4.98 Å². The lowest BCUT2D eigenvalue weighted by molar-refractivity contribution is -0.114. The number of hydrogen-bond donors (Lipinski definition) is 2. The summed E-state index contributed by atoms with van der Waals surface area (Å²) in [5.74, 6) is 0.202. The van der Waals surface area contributed by atoms with Crippen molar-refractivity contribution in [3.8, 4) is 0 Å². The molecule has 0 saturated heterocycles. The largest absolute Gasteiger partial charge is 0.311 e. The summed E-state index contributed by atoms with van der Waals surface area (Å²) >= 11 is 0. The van der Waals surface area contributed by atoms with Crippen LogP contribution in [0.5, 0.6) is 0 Å². The van der Waals surface area contributed by atoms with Crippen LogP contribution in [0.1, 0.15) is 6.92 Å². The molecule has 0 spiro atoms. The summed E-state index contributed by atoms with van der Waals surface area (Å²) < 4.78 is 0. The molecule has 0 radical (unpaired) electrons. The summed E-state index contributed by atoms with van der Waals surface area (Å²) in [7, 11) is 0. The highest BCUT2D eigenvalue weighted by atomic mass is 16.2. The highest BCUT2D eigenvalue weighted by Gasteiger charge is 2.00. The summed E-state index contributed by atoms with van der Waals surface area (Å²) in [5.41, 5.74) is 0. The van der Waals surface area contributed by atoms with Crippen molar-refractivity contribution in [3.63, 3.8) is 0 Å². The molecule has 0 aromatic carbocycles. The molecule has 5 heteroatoms. The zero-order chi connectivity index (χ0) is 11.3. The van der Waals surface area contributed by atoms with Gasteiger partial charge in [0.15, 0.2) is 0 Å². The molecule has 0 fully saturated rings. The normalized spacial score (nSPS) is 9.13. The number of rotatable bonds is 3. The molecule has 0 saturated carbocycles. The van der Waals surface area contributed by atoms with Gasteiger partial charge in [0.05, 0.1) is 0 Å². The SMILES string of the molecule is C=CC(=O)Nc1cccc(NC(C)=O)n1. The molecular formula is C10H11N3O2. The quantitative estimate of drug-likeness (QED) is 0.727. The summed E-state index contributed by atoms with van der Waals surface area (Å²) in [6.45, 7) is 4.70. The topological polar surface area (TPSA) is 71.1 Å². The Labute approximate surface area is 87.2 Å². The fraction of sp³-hybridized carbons (Fsp3) is 0.100. The Hall–Kier alpha value is -2.17. The van der Waals surface area contributed by atoms with Gasteiger partial charge in [0.2, 0.25) is 11.8 Å². The van der Waals surface area contributed by atoms with Gasteiger partial charge in [-0.15, -0.1) is 0 Å². The summed E-state index contributed by atoms with van der Waals surface area (Å²) in [6.07, 6.45) is 1.15. The number of amides is 2. The van der Waals surface area contributed by atoms with Crippen molar-refractivity contribution in [2.45, 2.75) is 6.92 Å². The maximum Gasteiger partial charge on any atom is 0.248 e. The minimum atomic E-state index is -0.345. The Kier molecular flexibility index (Phi) is 3.56. The molecule has 2 N–H and O–H groups in total. The molecule has 0 unspecified atom stereocenters. The van der Waals surface area contributed by atoms with E-state index in [-0.39, 0.29) is 11.8 Å². The first-order chi connectivity index (χ1) is 7.11. The molecule has 1 aromatic rings. The average molecular weight is 205 g/mol. The fourth-order valence-corrected chi connectivity index (χ4v) is 0.932. The van der Waals surface area contributed by atoms with Crippen LogP contribution in [0.2, 0.25) is 0 Å². The van der Waals surface area contributed by atoms with E-state index in [1.165, 1.54) is 6.92 Å². The van der Waals surface area contributed by atoms with E-state index in [0.717, 1.165) is 6.08 Å². The molecule has 15 heavy (non-hydrogen) atoms. The van der Waals surface area contributed by atoms with Crippen molar-refractivity contribution in [1.29, 1.82) is 0 Å². The van der Waals surface area contributed by atoms with E-state index in [1.807, 2.05) is 0 Å². The third kappa shape index (κ3) is 3.60. The number of hydrogen-bond acceptors (Lipinski definition) is 3. The molecule has 0 atom stereocenters. The van der Waals surface area contributed by atoms with Crippen LogP contribution >= 0.6 is 0 Å². The molecule has 1 aromatic heterocycles. The van der Waals surface area contributed by atoms with E-state index in [4.69, 9.17) is 0 Å². The van der Waals surface area contributed by atoms with Crippen LogP contribution in [0.15, 0.2) is 30.9 Å². The zero-order valence-electron chi connectivity index (χ0n) is 8.28. The number of carbonyl (C=O) groups excluding carboxylic acids is 2. The van der Waals surface area contributed by atoms with Crippen molar-refractivity contribution in [2.75, 3.05) is 10.6 Å². The van der Waals surface area contributed by atoms with E-state index < -0.39 is 0 Å². The van der Waals surface area contributed by atoms with Crippen LogP contribution in [-0.4, -0.2) is 16.8 Å². The molecule has 2 amide bonds. The second-order valence-corrected chi connectivity index (χ2v) is 2.78. The van der Waals surface area contributed by atoms with E-state index in [0.29, 0.717) is 11.6 Å². The van der Waals surface area contributed by atoms with E-state index in [9.17, 15) is 9.59 Å². The summed E-state index contributed by atoms with van der Waals surface area (Å²) in [4.78, 5) is 25.7. The van der Waals surface area contributed by atoms with Gasteiger partial charge in [0, 0.05) is 6.92 Å². The highest BCUT2D eigenvalue weighted by molar-refractivity contribution is 5.98. The lowest BCUT2D eigenvalue weighted by Crippen LogP contribution is -2.11. The van der Waals surface area contributed by atoms with Gasteiger partial charge in [0.25, 0.3) is 0 Å². The average Bonchev–Trinajstić information content (AvgIpc) is 2.17. The molecule has 1 heterocycles. The van der Waals surface area contributed by atoms with Gasteiger partial charge in [-0.2, -0.15) is 0 Å². The van der Waals surface area contributed by atoms with Gasteiger partial charge in [-0.1, -0.05) is 12.6 Å². The Balaban J connectivity index is 2.78. The standard InChI is InChI=1S/C10H11N3O2/c1-3-10(15)13-9-6-4-5-8(12-9)11-7(2)14/h3-6H,1H2,2H3,(H2,11,12,13,14,15). The molecule has 0 aliphatic rings. The first-order valence-electron chi connectivity index (χ1n) is 4.30. The van der Waals surface area contributed by atoms with Crippen molar-refractivity contribution >= 4 is 23.5 Å². The Bertz CT molecular complexity index is 401. The Morgan fingerprint density at radius 1 is 1.33 bits per heavy atom. The molecule has 78 valence electrons. The number of nitrogens with zero attached hydrogens (tertiary/aromatic N) is 1. The minimum absolute atomic E-state index is 0.213. The fourth-order valence-electron chi connectivity index (χ4n) is 0.932. The van der Waals surface area contributed by atoms with Crippen LogP contribution in [0, 0.1) is 0 Å². The van der Waals surface area contributed by atoms with Crippen molar-refractivity contribution in [3.05, 3.63) is 30.9 Å². The van der Waals surface area contributed by atoms with Gasteiger partial charge >= 0.3 is 0 Å². The summed E-state index contributed by atoms with van der Waals surface area (Å²) in [6, 6.07) is 4.93. The van der Waals surface area contributed by atoms with Crippen LogP contribution < -0.4 is 10.6 Å². The molecule has 0 bridgehead atoms. The lowest BCUT2D eigenvalue weighted by Gasteiger charge is -2.04. The smallest absolute Gasteiger partial charge is 0.248 e. The third-order valence-electron chi connectivity index (χ3n) is 1.49. The first-order valence-corrected chi connectivity index (χ1v) is 4.30. The Morgan fingerprint density at radius 3 is 2.47 bits per heavy atom. The summed E-state index contributed by atoms with van der Waals surface area (Å²) in [5, 5.41) is 5.00. The van der Waals surface area contributed by atoms with Gasteiger partial charge in [-0.3, -0.25) is 9.59 Å². The van der Waals surface area contributed by atoms with Gasteiger partial charge in [0.1, 0.15) is 11.6 Å². The molecule has 5 nitrogen and oxygen atoms in total. The molecule has 0 aliphatic carbocycles. The van der Waals surface area contributed by atoms with Crippen LogP contribution in [0.4, 0.5) is 11.6 Å². The predicted octanol–water partition coefficient (Wildman–Crippen LogP) is 1.16. The Morgan fingerprint density at radius 2 is 1.93 bits per heavy atom. The number of aromatic nitrogens is 1. The number of anilines is 2. The zero-order valence-corrected chi connectivity index (χ0v) is 8.28.